The largest absolute Gasteiger partial charge is 0.444 e. The van der Waals surface area contributed by atoms with E-state index in [4.69, 9.17) is 23.9 Å². The Labute approximate surface area is 225 Å². The number of benzene rings is 1. The maximum atomic E-state index is 12.3. The molecule has 4 rings (SSSR count). The number of rotatable bonds is 8. The third-order valence-corrected chi connectivity index (χ3v) is 8.06. The molecule has 1 amide bonds. The van der Waals surface area contributed by atoms with Gasteiger partial charge in [-0.2, -0.15) is 0 Å². The predicted molar refractivity (Wildman–Crippen MR) is 151 cm³/mol. The molecule has 3 heterocycles. The van der Waals surface area contributed by atoms with Crippen molar-refractivity contribution in [2.24, 2.45) is 0 Å². The van der Waals surface area contributed by atoms with Gasteiger partial charge >= 0.3 is 6.09 Å². The smallest absolute Gasteiger partial charge is 0.413 e. The van der Waals surface area contributed by atoms with Crippen LogP contribution in [0.4, 0.5) is 10.6 Å². The van der Waals surface area contributed by atoms with Crippen LogP contribution in [0.5, 0.6) is 0 Å². The maximum absolute atomic E-state index is 12.3. The minimum absolute atomic E-state index is 0.331. The molecule has 1 N–H and O–H groups in total. The number of hydrogen-bond acceptors (Lipinski definition) is 7. The van der Waals surface area contributed by atoms with Crippen molar-refractivity contribution in [1.29, 1.82) is 0 Å². The van der Waals surface area contributed by atoms with E-state index in [0.717, 1.165) is 28.4 Å². The fraction of sp³-hybridized carbons (Fsp3) is 0.536. The molecule has 206 valence electrons. The van der Waals surface area contributed by atoms with Crippen molar-refractivity contribution in [2.75, 3.05) is 25.1 Å². The Morgan fingerprint density at radius 2 is 1.82 bits per heavy atom. The van der Waals surface area contributed by atoms with E-state index in [1.54, 1.807) is 6.20 Å². The van der Waals surface area contributed by atoms with E-state index in [2.05, 4.69) is 46.6 Å². The number of amides is 1. The molecule has 0 radical (unpaired) electrons. The van der Waals surface area contributed by atoms with Crippen molar-refractivity contribution in [3.63, 3.8) is 0 Å². The number of aryl methyl sites for hydroxylation is 1. The van der Waals surface area contributed by atoms with Crippen LogP contribution in [-0.2, 0) is 31.5 Å². The number of hydrogen-bond donors (Lipinski definition) is 1. The summed E-state index contributed by atoms with van der Waals surface area (Å²) in [6.45, 7) is 18.6. The second-order valence-corrected chi connectivity index (χ2v) is 17.6. The number of aromatic nitrogens is 3. The average molecular weight is 541 g/mol. The molecule has 3 aromatic rings. The zero-order valence-corrected chi connectivity index (χ0v) is 24.8. The summed E-state index contributed by atoms with van der Waals surface area (Å²) >= 11 is 0. The highest BCUT2D eigenvalue weighted by Gasteiger charge is 2.33. The first kappa shape index (κ1) is 28.2. The Hall–Kier alpha value is -2.79. The van der Waals surface area contributed by atoms with Crippen molar-refractivity contribution in [3.05, 3.63) is 41.6 Å². The molecule has 0 aliphatic carbocycles. The predicted octanol–water partition coefficient (Wildman–Crippen LogP) is 6.29. The van der Waals surface area contributed by atoms with Crippen molar-refractivity contribution < 1.29 is 23.7 Å². The Bertz CT molecular complexity index is 1290. The molecule has 38 heavy (non-hydrogen) atoms. The molecular weight excluding hydrogens is 500 g/mol. The highest BCUT2D eigenvalue weighted by atomic mass is 28.3. The second-order valence-electron chi connectivity index (χ2n) is 12.0. The van der Waals surface area contributed by atoms with Crippen LogP contribution >= 0.6 is 0 Å². The van der Waals surface area contributed by atoms with Crippen LogP contribution in [0.15, 0.2) is 30.5 Å². The lowest BCUT2D eigenvalue weighted by Crippen LogP contribution is -2.27. The first-order valence-corrected chi connectivity index (χ1v) is 16.8. The molecule has 1 aromatic carbocycles. The summed E-state index contributed by atoms with van der Waals surface area (Å²) in [4.78, 5) is 21.7. The molecule has 0 unspecified atom stereocenters. The molecule has 0 saturated carbocycles. The minimum atomic E-state index is -1.23. The molecule has 0 bridgehead atoms. The summed E-state index contributed by atoms with van der Waals surface area (Å²) in [6.07, 6.45) is 0.978. The zero-order chi connectivity index (χ0) is 27.7. The van der Waals surface area contributed by atoms with Gasteiger partial charge in [-0.05, 0) is 46.2 Å². The molecular formula is C28H40N4O5Si. The summed E-state index contributed by atoms with van der Waals surface area (Å²) in [5, 5.41) is 2.70. The summed E-state index contributed by atoms with van der Waals surface area (Å²) < 4.78 is 25.2. The molecule has 1 saturated heterocycles. The van der Waals surface area contributed by atoms with Gasteiger partial charge in [0, 0.05) is 25.8 Å². The van der Waals surface area contributed by atoms with Gasteiger partial charge in [0.15, 0.2) is 17.3 Å². The first-order chi connectivity index (χ1) is 17.8. The van der Waals surface area contributed by atoms with E-state index in [1.807, 2.05) is 46.8 Å². The van der Waals surface area contributed by atoms with Crippen LogP contribution in [0.2, 0.25) is 25.7 Å². The van der Waals surface area contributed by atoms with E-state index >= 15 is 0 Å². The van der Waals surface area contributed by atoms with Crippen LogP contribution in [0.3, 0.4) is 0 Å². The van der Waals surface area contributed by atoms with Crippen molar-refractivity contribution >= 4 is 31.1 Å². The van der Waals surface area contributed by atoms with Gasteiger partial charge in [-0.1, -0.05) is 43.9 Å². The lowest BCUT2D eigenvalue weighted by molar-refractivity contribution is -0.149. The molecule has 0 spiro atoms. The molecule has 1 fully saturated rings. The highest BCUT2D eigenvalue weighted by molar-refractivity contribution is 6.76. The minimum Gasteiger partial charge on any atom is -0.444 e. The van der Waals surface area contributed by atoms with Gasteiger partial charge in [-0.3, -0.25) is 9.88 Å². The average Bonchev–Trinajstić information content (AvgIpc) is 3.37. The zero-order valence-electron chi connectivity index (χ0n) is 23.8. The number of carbonyl (C=O) groups is 1. The normalized spacial score (nSPS) is 15.7. The van der Waals surface area contributed by atoms with Gasteiger partial charge in [0.25, 0.3) is 0 Å². The Kier molecular flexibility index (Phi) is 7.99. The van der Waals surface area contributed by atoms with Gasteiger partial charge in [-0.25, -0.2) is 14.8 Å². The molecule has 1 aliphatic heterocycles. The van der Waals surface area contributed by atoms with E-state index < -0.39 is 25.6 Å². The number of carbonyl (C=O) groups excluding carboxylic acids is 1. The van der Waals surface area contributed by atoms with Gasteiger partial charge in [-0.15, -0.1) is 0 Å². The molecule has 2 aromatic heterocycles. The summed E-state index contributed by atoms with van der Waals surface area (Å²) in [7, 11) is -1.23. The molecule has 9 nitrogen and oxygen atoms in total. The lowest BCUT2D eigenvalue weighted by atomic mass is 10.0. The lowest BCUT2D eigenvalue weighted by Gasteiger charge is -2.23. The standard InChI is InChI=1S/C28H40N4O5Si/c1-19-23-25(29-17-22(30-23)31-26(33)37-27(2,3)4)32(18-34-15-16-38(6,7)8)24(19)20-9-11-21(12-10-20)28(5)35-13-14-36-28/h9-12,17H,13-16,18H2,1-8H3,(H,30,31,33). The van der Waals surface area contributed by atoms with Crippen molar-refractivity contribution in [2.45, 2.75) is 78.4 Å². The van der Waals surface area contributed by atoms with E-state index in [-0.39, 0.29) is 0 Å². The molecule has 0 atom stereocenters. The third kappa shape index (κ3) is 6.61. The topological polar surface area (TPSA) is 96.7 Å². The van der Waals surface area contributed by atoms with Gasteiger partial charge in [0.1, 0.15) is 17.8 Å². The van der Waals surface area contributed by atoms with Gasteiger partial charge < -0.3 is 18.9 Å². The van der Waals surface area contributed by atoms with Crippen LogP contribution in [-0.4, -0.2) is 54.1 Å². The number of fused-ring (bicyclic) bond motifs is 1. The Balaban J connectivity index is 1.69. The van der Waals surface area contributed by atoms with E-state index in [9.17, 15) is 4.79 Å². The number of nitrogens with one attached hydrogen (secondary N) is 1. The fourth-order valence-corrected chi connectivity index (χ4v) is 5.12. The summed E-state index contributed by atoms with van der Waals surface area (Å²) in [5.74, 6) is -0.400. The monoisotopic (exact) mass is 540 g/mol. The van der Waals surface area contributed by atoms with Crippen LogP contribution in [0, 0.1) is 6.92 Å². The third-order valence-electron chi connectivity index (χ3n) is 6.36. The molecule has 1 aliphatic rings. The Morgan fingerprint density at radius 3 is 2.42 bits per heavy atom. The second kappa shape index (κ2) is 10.8. The first-order valence-electron chi connectivity index (χ1n) is 13.1. The number of nitrogens with zero attached hydrogens (tertiary/aromatic N) is 3. The van der Waals surface area contributed by atoms with Crippen LogP contribution in [0.1, 0.15) is 38.8 Å². The fourth-order valence-electron chi connectivity index (χ4n) is 4.36. The number of ether oxygens (including phenoxy) is 4. The highest BCUT2D eigenvalue weighted by Crippen LogP contribution is 2.35. The quantitative estimate of drug-likeness (QED) is 0.265. The molecule has 10 heteroatoms. The van der Waals surface area contributed by atoms with Crippen molar-refractivity contribution in [1.82, 2.24) is 14.5 Å². The Morgan fingerprint density at radius 1 is 1.16 bits per heavy atom. The van der Waals surface area contributed by atoms with E-state index in [0.29, 0.717) is 43.5 Å². The SMILES string of the molecule is Cc1c(-c2ccc(C3(C)OCCO3)cc2)n(COCC[Si](C)(C)C)c2ncc(NC(=O)OC(C)(C)C)nc12. The van der Waals surface area contributed by atoms with Crippen LogP contribution in [0.25, 0.3) is 22.4 Å². The summed E-state index contributed by atoms with van der Waals surface area (Å²) in [5.41, 5.74) is 4.65. The van der Waals surface area contributed by atoms with Crippen molar-refractivity contribution in [3.8, 4) is 11.3 Å². The van der Waals surface area contributed by atoms with Crippen LogP contribution < -0.4 is 5.32 Å². The van der Waals surface area contributed by atoms with Gasteiger partial charge in [0.05, 0.1) is 25.1 Å². The van der Waals surface area contributed by atoms with E-state index in [1.165, 1.54) is 0 Å². The summed E-state index contributed by atoms with van der Waals surface area (Å²) in [6, 6.07) is 9.26. The van der Waals surface area contributed by atoms with Gasteiger partial charge in [0.2, 0.25) is 0 Å². The maximum Gasteiger partial charge on any atom is 0.413 e. The number of anilines is 1.